The van der Waals surface area contributed by atoms with E-state index in [9.17, 15) is 9.90 Å². The van der Waals surface area contributed by atoms with Crippen LogP contribution in [0.5, 0.6) is 5.75 Å². The molecular formula is C16H23NO3S. The number of amides is 1. The van der Waals surface area contributed by atoms with Crippen molar-refractivity contribution in [3.8, 4) is 5.75 Å². The highest BCUT2D eigenvalue weighted by Gasteiger charge is 2.48. The van der Waals surface area contributed by atoms with Crippen LogP contribution in [0.3, 0.4) is 0 Å². The number of carbonyl (C=O) groups excluding carboxylic acids is 1. The van der Waals surface area contributed by atoms with Gasteiger partial charge >= 0.3 is 0 Å². The summed E-state index contributed by atoms with van der Waals surface area (Å²) >= 11 is 1.74. The number of hydrogen-bond acceptors (Lipinski definition) is 4. The van der Waals surface area contributed by atoms with E-state index in [2.05, 4.69) is 20.8 Å². The summed E-state index contributed by atoms with van der Waals surface area (Å²) in [6.45, 7) is 6.88. The third kappa shape index (κ3) is 3.71. The Morgan fingerprint density at radius 2 is 1.90 bits per heavy atom. The van der Waals surface area contributed by atoms with Gasteiger partial charge in [-0.15, -0.1) is 11.8 Å². The number of ether oxygens (including phenoxy) is 1. The summed E-state index contributed by atoms with van der Waals surface area (Å²) in [5.74, 6) is 0.574. The number of β-lactam (4-membered cyclic amide) rings is 1. The van der Waals surface area contributed by atoms with Crippen LogP contribution < -0.4 is 4.74 Å². The molecule has 1 fully saturated rings. The molecule has 5 heteroatoms. The van der Waals surface area contributed by atoms with Crippen molar-refractivity contribution in [2.45, 2.75) is 37.4 Å². The Balaban J connectivity index is 2.07. The van der Waals surface area contributed by atoms with E-state index in [-0.39, 0.29) is 28.6 Å². The summed E-state index contributed by atoms with van der Waals surface area (Å²) < 4.78 is 5.19. The molecule has 1 aliphatic heterocycles. The van der Waals surface area contributed by atoms with Crippen LogP contribution in [-0.2, 0) is 11.3 Å². The van der Waals surface area contributed by atoms with Crippen LogP contribution in [0, 0.1) is 5.92 Å². The van der Waals surface area contributed by atoms with Crippen LogP contribution in [0.25, 0.3) is 0 Å². The second kappa shape index (κ2) is 6.28. The van der Waals surface area contributed by atoms with Crippen molar-refractivity contribution < 1.29 is 14.6 Å². The Bertz CT molecular complexity index is 495. The Morgan fingerprint density at radius 3 is 2.38 bits per heavy atom. The maximum absolute atomic E-state index is 12.1. The Hall–Kier alpha value is -1.20. The topological polar surface area (TPSA) is 49.8 Å². The average Bonchev–Trinajstić information content (AvgIpc) is 2.44. The van der Waals surface area contributed by atoms with E-state index in [1.807, 2.05) is 29.2 Å². The fourth-order valence-corrected chi connectivity index (χ4v) is 3.76. The van der Waals surface area contributed by atoms with Gasteiger partial charge < -0.3 is 14.7 Å². The summed E-state index contributed by atoms with van der Waals surface area (Å²) in [6.07, 6.45) is 0. The summed E-state index contributed by atoms with van der Waals surface area (Å²) in [5, 5.41) is 9.44. The van der Waals surface area contributed by atoms with E-state index < -0.39 is 0 Å². The zero-order valence-electron chi connectivity index (χ0n) is 13.0. The Kier molecular flexibility index (Phi) is 4.84. The number of rotatable bonds is 5. The third-order valence-corrected chi connectivity index (χ3v) is 4.97. The Morgan fingerprint density at radius 1 is 1.29 bits per heavy atom. The minimum absolute atomic E-state index is 0.0371. The fourth-order valence-electron chi connectivity index (χ4n) is 2.37. The van der Waals surface area contributed by atoms with Crippen LogP contribution in [0.15, 0.2) is 24.3 Å². The zero-order chi connectivity index (χ0) is 15.6. The van der Waals surface area contributed by atoms with Crippen molar-refractivity contribution in [1.29, 1.82) is 0 Å². The lowest BCUT2D eigenvalue weighted by Crippen LogP contribution is -2.60. The van der Waals surface area contributed by atoms with Crippen LogP contribution >= 0.6 is 11.8 Å². The molecular weight excluding hydrogens is 286 g/mol. The number of hydrogen-bond donors (Lipinski definition) is 1. The summed E-state index contributed by atoms with van der Waals surface area (Å²) in [4.78, 5) is 14.0. The van der Waals surface area contributed by atoms with E-state index in [4.69, 9.17) is 4.74 Å². The minimum Gasteiger partial charge on any atom is -0.497 e. The van der Waals surface area contributed by atoms with Gasteiger partial charge in [0.15, 0.2) is 0 Å². The smallest absolute Gasteiger partial charge is 0.232 e. The molecule has 4 nitrogen and oxygen atoms in total. The van der Waals surface area contributed by atoms with Crippen molar-refractivity contribution in [3.63, 3.8) is 0 Å². The van der Waals surface area contributed by atoms with E-state index in [0.717, 1.165) is 11.3 Å². The van der Waals surface area contributed by atoms with Crippen LogP contribution in [0.2, 0.25) is 0 Å². The molecule has 116 valence electrons. The third-order valence-electron chi connectivity index (χ3n) is 3.43. The predicted molar refractivity (Wildman–Crippen MR) is 85.3 cm³/mol. The lowest BCUT2D eigenvalue weighted by atomic mass is 9.98. The molecule has 1 aromatic carbocycles. The van der Waals surface area contributed by atoms with E-state index in [0.29, 0.717) is 6.54 Å². The second-order valence-corrected chi connectivity index (χ2v) is 8.17. The number of carbonyl (C=O) groups is 1. The highest BCUT2D eigenvalue weighted by Crippen LogP contribution is 2.42. The van der Waals surface area contributed by atoms with Gasteiger partial charge in [0.2, 0.25) is 5.91 Å². The van der Waals surface area contributed by atoms with Gasteiger partial charge in [0.25, 0.3) is 0 Å². The first-order valence-corrected chi connectivity index (χ1v) is 7.96. The summed E-state index contributed by atoms with van der Waals surface area (Å²) in [6, 6.07) is 7.73. The first-order chi connectivity index (χ1) is 9.85. The number of thioether (sulfide) groups is 1. The van der Waals surface area contributed by atoms with Crippen molar-refractivity contribution >= 4 is 17.7 Å². The molecule has 0 radical (unpaired) electrons. The molecule has 2 rings (SSSR count). The van der Waals surface area contributed by atoms with E-state index >= 15 is 0 Å². The van der Waals surface area contributed by atoms with Gasteiger partial charge in [-0.2, -0.15) is 0 Å². The highest BCUT2D eigenvalue weighted by molar-refractivity contribution is 8.01. The van der Waals surface area contributed by atoms with Gasteiger partial charge in [-0.1, -0.05) is 32.9 Å². The van der Waals surface area contributed by atoms with Crippen LogP contribution in [-0.4, -0.2) is 39.8 Å². The predicted octanol–water partition coefficient (Wildman–Crippen LogP) is 2.50. The SMILES string of the molecule is COc1ccc(CN2C(=O)[C@H](CO)[C@H]2SC(C)(C)C)cc1. The summed E-state index contributed by atoms with van der Waals surface area (Å²) in [7, 11) is 1.63. The van der Waals surface area contributed by atoms with E-state index in [1.165, 1.54) is 0 Å². The largest absolute Gasteiger partial charge is 0.497 e. The number of likely N-dealkylation sites (tertiary alicyclic amines) is 1. The maximum Gasteiger partial charge on any atom is 0.232 e. The average molecular weight is 309 g/mol. The standard InChI is InChI=1S/C16H23NO3S/c1-16(2,3)21-15-13(10-18)14(19)17(15)9-11-5-7-12(20-4)8-6-11/h5-8,13,15,18H,9-10H2,1-4H3/t13-,15+/m0/s1. The number of benzene rings is 1. The quantitative estimate of drug-likeness (QED) is 0.849. The maximum atomic E-state index is 12.1. The molecule has 1 N–H and O–H groups in total. The van der Waals surface area contributed by atoms with Crippen LogP contribution in [0.4, 0.5) is 0 Å². The molecule has 2 atom stereocenters. The van der Waals surface area contributed by atoms with E-state index in [1.54, 1.807) is 18.9 Å². The lowest BCUT2D eigenvalue weighted by Gasteiger charge is -2.48. The molecule has 0 aromatic heterocycles. The molecule has 0 unspecified atom stereocenters. The zero-order valence-corrected chi connectivity index (χ0v) is 13.8. The summed E-state index contributed by atoms with van der Waals surface area (Å²) in [5.41, 5.74) is 1.07. The molecule has 21 heavy (non-hydrogen) atoms. The van der Waals surface area contributed by atoms with Crippen molar-refractivity contribution in [1.82, 2.24) is 4.90 Å². The molecule has 1 heterocycles. The first kappa shape index (κ1) is 16.2. The van der Waals surface area contributed by atoms with Crippen molar-refractivity contribution in [3.05, 3.63) is 29.8 Å². The van der Waals surface area contributed by atoms with Gasteiger partial charge in [-0.3, -0.25) is 4.79 Å². The minimum atomic E-state index is -0.271. The fraction of sp³-hybridized carbons (Fsp3) is 0.562. The normalized spacial score (nSPS) is 22.1. The molecule has 0 bridgehead atoms. The number of nitrogens with zero attached hydrogens (tertiary/aromatic N) is 1. The number of methoxy groups -OCH3 is 1. The second-order valence-electron chi connectivity index (χ2n) is 6.22. The van der Waals surface area contributed by atoms with Crippen LogP contribution in [0.1, 0.15) is 26.3 Å². The number of aliphatic hydroxyl groups is 1. The van der Waals surface area contributed by atoms with Gasteiger partial charge in [0.1, 0.15) is 5.75 Å². The molecule has 1 aromatic rings. The molecule has 1 amide bonds. The highest BCUT2D eigenvalue weighted by atomic mass is 32.2. The Labute approximate surface area is 130 Å². The monoisotopic (exact) mass is 309 g/mol. The first-order valence-electron chi connectivity index (χ1n) is 7.08. The van der Waals surface area contributed by atoms with Crippen molar-refractivity contribution in [2.75, 3.05) is 13.7 Å². The lowest BCUT2D eigenvalue weighted by molar-refractivity contribution is -0.153. The molecule has 1 saturated heterocycles. The number of aliphatic hydroxyl groups excluding tert-OH is 1. The van der Waals surface area contributed by atoms with Gasteiger partial charge in [-0.25, -0.2) is 0 Å². The van der Waals surface area contributed by atoms with Gasteiger partial charge in [0, 0.05) is 11.3 Å². The molecule has 0 spiro atoms. The van der Waals surface area contributed by atoms with Crippen molar-refractivity contribution in [2.24, 2.45) is 5.92 Å². The molecule has 0 aliphatic carbocycles. The van der Waals surface area contributed by atoms with Gasteiger partial charge in [0.05, 0.1) is 25.0 Å². The molecule has 0 saturated carbocycles. The van der Waals surface area contributed by atoms with Gasteiger partial charge in [-0.05, 0) is 17.7 Å². The molecule has 1 aliphatic rings.